The second-order valence-corrected chi connectivity index (χ2v) is 10.1. The Balaban J connectivity index is 1.75. The van der Waals surface area contributed by atoms with Crippen LogP contribution < -0.4 is 5.32 Å². The maximum absolute atomic E-state index is 13.1. The van der Waals surface area contributed by atoms with Crippen LogP contribution in [0.15, 0.2) is 23.1 Å². The molecule has 1 aromatic carbocycles. The Morgan fingerprint density at radius 3 is 2.41 bits per heavy atom. The summed E-state index contributed by atoms with van der Waals surface area (Å²) in [7, 11) is -1.66. The maximum atomic E-state index is 13.1. The molecular formula is C20H30N4O4S. The molecule has 0 aliphatic carbocycles. The largest absolute Gasteiger partial charge is 0.339 e. The van der Waals surface area contributed by atoms with E-state index in [1.807, 2.05) is 20.9 Å². The van der Waals surface area contributed by atoms with Crippen molar-refractivity contribution >= 4 is 27.5 Å². The molecule has 0 bridgehead atoms. The first-order valence-corrected chi connectivity index (χ1v) is 11.4. The molecule has 2 amide bonds. The van der Waals surface area contributed by atoms with Crippen molar-refractivity contribution in [1.29, 1.82) is 0 Å². The van der Waals surface area contributed by atoms with Gasteiger partial charge in [-0.1, -0.05) is 6.07 Å². The molecule has 9 heteroatoms. The first kappa shape index (κ1) is 21.7. The quantitative estimate of drug-likeness (QED) is 0.768. The minimum atomic E-state index is -3.63. The number of hydrogen-bond donors (Lipinski definition) is 1. The van der Waals surface area contributed by atoms with Crippen LogP contribution in [0.1, 0.15) is 25.8 Å². The van der Waals surface area contributed by atoms with Gasteiger partial charge in [-0.25, -0.2) is 8.42 Å². The molecule has 2 fully saturated rings. The molecule has 1 N–H and O–H groups in total. The molecule has 1 atom stereocenters. The number of carbonyl (C=O) groups excluding carboxylic acids is 2. The summed E-state index contributed by atoms with van der Waals surface area (Å²) < 4.78 is 27.7. The van der Waals surface area contributed by atoms with Crippen LogP contribution >= 0.6 is 0 Å². The van der Waals surface area contributed by atoms with E-state index in [1.165, 1.54) is 10.4 Å². The van der Waals surface area contributed by atoms with Gasteiger partial charge in [-0.3, -0.25) is 9.59 Å². The zero-order valence-electron chi connectivity index (χ0n) is 17.5. The van der Waals surface area contributed by atoms with Crippen LogP contribution in [0.3, 0.4) is 0 Å². The second kappa shape index (κ2) is 8.41. The third-order valence-electron chi connectivity index (χ3n) is 5.69. The number of piperazine rings is 1. The predicted molar refractivity (Wildman–Crippen MR) is 111 cm³/mol. The summed E-state index contributed by atoms with van der Waals surface area (Å²) >= 11 is 0. The Labute approximate surface area is 172 Å². The van der Waals surface area contributed by atoms with Crippen molar-refractivity contribution in [2.45, 2.75) is 38.1 Å². The number of likely N-dealkylation sites (N-methyl/N-ethyl adjacent to an activating group) is 1. The van der Waals surface area contributed by atoms with Gasteiger partial charge in [0, 0.05) is 50.9 Å². The van der Waals surface area contributed by atoms with Gasteiger partial charge in [-0.2, -0.15) is 4.31 Å². The van der Waals surface area contributed by atoms with E-state index < -0.39 is 15.9 Å². The molecule has 29 heavy (non-hydrogen) atoms. The molecule has 3 rings (SSSR count). The number of likely N-dealkylation sites (tertiary alicyclic amines) is 1. The maximum Gasteiger partial charge on any atom is 0.243 e. The molecule has 8 nitrogen and oxygen atoms in total. The Morgan fingerprint density at radius 1 is 1.17 bits per heavy atom. The Kier molecular flexibility index (Phi) is 6.30. The average Bonchev–Trinajstić information content (AvgIpc) is 3.06. The number of amides is 2. The zero-order valence-corrected chi connectivity index (χ0v) is 18.3. The number of aryl methyl sites for hydroxylation is 1. The summed E-state index contributed by atoms with van der Waals surface area (Å²) in [6.07, 6.45) is 0.183. The third-order valence-corrected chi connectivity index (χ3v) is 7.73. The zero-order chi connectivity index (χ0) is 21.3. The molecule has 0 radical (unpaired) electrons. The first-order valence-electron chi connectivity index (χ1n) is 9.99. The number of carbonyl (C=O) groups is 2. The van der Waals surface area contributed by atoms with Crippen LogP contribution in [-0.2, 0) is 19.6 Å². The van der Waals surface area contributed by atoms with E-state index in [0.717, 1.165) is 0 Å². The van der Waals surface area contributed by atoms with Crippen molar-refractivity contribution in [3.8, 4) is 0 Å². The molecule has 0 aromatic heterocycles. The van der Waals surface area contributed by atoms with E-state index in [2.05, 4.69) is 10.2 Å². The molecule has 160 valence electrons. The van der Waals surface area contributed by atoms with E-state index in [9.17, 15) is 18.0 Å². The SMILES string of the molecule is Cc1ccc(NC(=O)C2CC(=O)N(C(C)C)C2)cc1S(=O)(=O)N1CCN(C)CC1. The van der Waals surface area contributed by atoms with Crippen molar-refractivity contribution in [3.05, 3.63) is 23.8 Å². The van der Waals surface area contributed by atoms with Gasteiger partial charge in [0.25, 0.3) is 0 Å². The van der Waals surface area contributed by atoms with Crippen molar-refractivity contribution in [2.24, 2.45) is 5.92 Å². The van der Waals surface area contributed by atoms with Gasteiger partial charge in [0.1, 0.15) is 0 Å². The Bertz CT molecular complexity index is 892. The molecule has 1 aromatic rings. The van der Waals surface area contributed by atoms with Gasteiger partial charge in [-0.15, -0.1) is 0 Å². The number of anilines is 1. The van der Waals surface area contributed by atoms with Crippen LogP contribution in [0.25, 0.3) is 0 Å². The van der Waals surface area contributed by atoms with Gasteiger partial charge in [0.15, 0.2) is 0 Å². The number of sulfonamides is 1. The highest BCUT2D eigenvalue weighted by molar-refractivity contribution is 7.89. The normalized spacial score (nSPS) is 21.8. The van der Waals surface area contributed by atoms with Crippen LogP contribution in [0, 0.1) is 12.8 Å². The summed E-state index contributed by atoms with van der Waals surface area (Å²) in [4.78, 5) is 28.7. The fourth-order valence-corrected chi connectivity index (χ4v) is 5.45. The average molecular weight is 423 g/mol. The van der Waals surface area contributed by atoms with Crippen molar-refractivity contribution in [1.82, 2.24) is 14.1 Å². The van der Waals surface area contributed by atoms with Gasteiger partial charge in [-0.05, 0) is 45.5 Å². The molecule has 2 aliphatic rings. The third kappa shape index (κ3) is 4.62. The molecule has 2 saturated heterocycles. The van der Waals surface area contributed by atoms with Crippen LogP contribution in [-0.4, -0.2) is 80.2 Å². The summed E-state index contributed by atoms with van der Waals surface area (Å²) in [6.45, 7) is 8.27. The second-order valence-electron chi connectivity index (χ2n) is 8.22. The highest BCUT2D eigenvalue weighted by atomic mass is 32.2. The van der Waals surface area contributed by atoms with E-state index in [0.29, 0.717) is 44.0 Å². The highest BCUT2D eigenvalue weighted by Crippen LogP contribution is 2.26. The van der Waals surface area contributed by atoms with Crippen LogP contribution in [0.5, 0.6) is 0 Å². The van der Waals surface area contributed by atoms with E-state index in [1.54, 1.807) is 24.0 Å². The van der Waals surface area contributed by atoms with Gasteiger partial charge in [0.2, 0.25) is 21.8 Å². The molecule has 2 heterocycles. The molecule has 1 unspecified atom stereocenters. The number of nitrogens with one attached hydrogen (secondary N) is 1. The predicted octanol–water partition coefficient (Wildman–Crippen LogP) is 1.13. The number of benzene rings is 1. The highest BCUT2D eigenvalue weighted by Gasteiger charge is 2.35. The lowest BCUT2D eigenvalue weighted by Gasteiger charge is -2.32. The Morgan fingerprint density at radius 2 is 1.83 bits per heavy atom. The summed E-state index contributed by atoms with van der Waals surface area (Å²) in [5.74, 6) is -0.709. The summed E-state index contributed by atoms with van der Waals surface area (Å²) in [6, 6.07) is 4.99. The van der Waals surface area contributed by atoms with Crippen molar-refractivity contribution < 1.29 is 18.0 Å². The lowest BCUT2D eigenvalue weighted by atomic mass is 10.1. The lowest BCUT2D eigenvalue weighted by Crippen LogP contribution is -2.47. The minimum Gasteiger partial charge on any atom is -0.339 e. The van der Waals surface area contributed by atoms with Crippen molar-refractivity contribution in [3.63, 3.8) is 0 Å². The van der Waals surface area contributed by atoms with Gasteiger partial charge < -0.3 is 15.1 Å². The van der Waals surface area contributed by atoms with Crippen molar-refractivity contribution in [2.75, 3.05) is 45.1 Å². The fourth-order valence-electron chi connectivity index (χ4n) is 3.77. The molecular weight excluding hydrogens is 392 g/mol. The standard InChI is InChI=1S/C20H30N4O4S/c1-14(2)24-13-16(11-19(24)25)20(26)21-17-6-5-15(3)18(12-17)29(27,28)23-9-7-22(4)8-10-23/h5-6,12,14,16H,7-11,13H2,1-4H3,(H,21,26). The van der Waals surface area contributed by atoms with E-state index >= 15 is 0 Å². The molecule has 0 saturated carbocycles. The lowest BCUT2D eigenvalue weighted by molar-refractivity contribution is -0.129. The smallest absolute Gasteiger partial charge is 0.243 e. The molecule has 0 spiro atoms. The van der Waals surface area contributed by atoms with Gasteiger partial charge >= 0.3 is 0 Å². The fraction of sp³-hybridized carbons (Fsp3) is 0.600. The van der Waals surface area contributed by atoms with E-state index in [-0.39, 0.29) is 29.2 Å². The summed E-state index contributed by atoms with van der Waals surface area (Å²) in [5, 5.41) is 2.80. The summed E-state index contributed by atoms with van der Waals surface area (Å²) in [5.41, 5.74) is 1.08. The van der Waals surface area contributed by atoms with Gasteiger partial charge in [0.05, 0.1) is 10.8 Å². The molecule has 2 aliphatic heterocycles. The number of hydrogen-bond acceptors (Lipinski definition) is 5. The monoisotopic (exact) mass is 422 g/mol. The first-order chi connectivity index (χ1) is 13.6. The number of nitrogens with zero attached hydrogens (tertiary/aromatic N) is 3. The van der Waals surface area contributed by atoms with Crippen LogP contribution in [0.4, 0.5) is 5.69 Å². The minimum absolute atomic E-state index is 0.0256. The van der Waals surface area contributed by atoms with Crippen LogP contribution in [0.2, 0.25) is 0 Å². The van der Waals surface area contributed by atoms with E-state index in [4.69, 9.17) is 0 Å². The Hall–Kier alpha value is -1.97. The topological polar surface area (TPSA) is 90.0 Å². The number of rotatable bonds is 5.